The number of hydrogen-bond donors (Lipinski definition) is 1. The van der Waals surface area contributed by atoms with Crippen LogP contribution in [-0.2, 0) is 10.1 Å². The molecule has 0 fully saturated rings. The lowest BCUT2D eigenvalue weighted by Crippen LogP contribution is -2.17. The first-order valence-electron chi connectivity index (χ1n) is 10.9. The van der Waals surface area contributed by atoms with E-state index in [-0.39, 0.29) is 16.4 Å². The average Bonchev–Trinajstić information content (AvgIpc) is 2.87. The van der Waals surface area contributed by atoms with E-state index >= 15 is 0 Å². The van der Waals surface area contributed by atoms with Crippen molar-refractivity contribution in [1.82, 2.24) is 5.43 Å². The number of nitrogens with one attached hydrogen (secondary N) is 1. The first-order valence-corrected chi connectivity index (χ1v) is 13.1. The molecule has 3 rings (SSSR count). The maximum Gasteiger partial charge on any atom is 0.339 e. The molecule has 0 saturated carbocycles. The SMILES string of the molecule is CCOc1ccc(C(=O)N/N=C/c2cc(Br)c(OS(=O)(=O)c3ccccc3)c(OC)c2)cc1OCC. The third-order valence-corrected chi connectivity index (χ3v) is 6.49. The van der Waals surface area contributed by atoms with Crippen molar-refractivity contribution in [2.75, 3.05) is 20.3 Å². The number of nitrogens with zero attached hydrogens (tertiary/aromatic N) is 1. The molecule has 0 saturated heterocycles. The zero-order valence-corrected chi connectivity index (χ0v) is 22.3. The largest absolute Gasteiger partial charge is 0.493 e. The fourth-order valence-electron chi connectivity index (χ4n) is 3.06. The molecule has 3 aromatic rings. The lowest BCUT2D eigenvalue weighted by atomic mass is 10.2. The molecule has 1 amide bonds. The number of methoxy groups -OCH3 is 1. The first kappa shape index (κ1) is 27.0. The van der Waals surface area contributed by atoms with Crippen molar-refractivity contribution in [2.45, 2.75) is 18.7 Å². The summed E-state index contributed by atoms with van der Waals surface area (Å²) in [4.78, 5) is 12.6. The van der Waals surface area contributed by atoms with E-state index < -0.39 is 16.0 Å². The molecular formula is C25H25BrN2O7S. The maximum atomic E-state index is 12.6. The number of amides is 1. The zero-order chi connectivity index (χ0) is 26.1. The fourth-order valence-corrected chi connectivity index (χ4v) is 4.69. The Morgan fingerprint density at radius 2 is 1.67 bits per heavy atom. The summed E-state index contributed by atoms with van der Waals surface area (Å²) in [5.41, 5.74) is 3.31. The van der Waals surface area contributed by atoms with E-state index in [4.69, 9.17) is 18.4 Å². The van der Waals surface area contributed by atoms with Crippen LogP contribution in [0.15, 0.2) is 75.1 Å². The second-order valence-corrected chi connectivity index (χ2v) is 9.51. The van der Waals surface area contributed by atoms with Gasteiger partial charge in [-0.25, -0.2) is 5.43 Å². The van der Waals surface area contributed by atoms with Crippen LogP contribution in [-0.4, -0.2) is 40.9 Å². The van der Waals surface area contributed by atoms with Crippen LogP contribution in [0.1, 0.15) is 29.8 Å². The van der Waals surface area contributed by atoms with E-state index in [1.165, 1.54) is 31.5 Å². The quantitative estimate of drug-likeness (QED) is 0.198. The Morgan fingerprint density at radius 3 is 2.33 bits per heavy atom. The molecule has 11 heteroatoms. The lowest BCUT2D eigenvalue weighted by molar-refractivity contribution is 0.0954. The van der Waals surface area contributed by atoms with Gasteiger partial charge in [0.05, 0.1) is 31.0 Å². The molecule has 0 atom stereocenters. The van der Waals surface area contributed by atoms with Gasteiger partial charge in [-0.2, -0.15) is 13.5 Å². The van der Waals surface area contributed by atoms with Gasteiger partial charge in [0.25, 0.3) is 5.91 Å². The number of benzene rings is 3. The van der Waals surface area contributed by atoms with Crippen molar-refractivity contribution >= 4 is 38.2 Å². The van der Waals surface area contributed by atoms with Crippen molar-refractivity contribution < 1.29 is 31.6 Å². The van der Waals surface area contributed by atoms with Crippen molar-refractivity contribution in [3.63, 3.8) is 0 Å². The Kier molecular flexibility index (Phi) is 9.31. The van der Waals surface area contributed by atoms with E-state index in [9.17, 15) is 13.2 Å². The highest BCUT2D eigenvalue weighted by molar-refractivity contribution is 9.10. The van der Waals surface area contributed by atoms with Gasteiger partial charge in [0.2, 0.25) is 0 Å². The molecule has 0 bridgehead atoms. The molecule has 9 nitrogen and oxygen atoms in total. The summed E-state index contributed by atoms with van der Waals surface area (Å²) >= 11 is 3.32. The highest BCUT2D eigenvalue weighted by atomic mass is 79.9. The number of halogens is 1. The summed E-state index contributed by atoms with van der Waals surface area (Å²) in [7, 11) is -2.69. The van der Waals surface area contributed by atoms with Gasteiger partial charge in [-0.3, -0.25) is 4.79 Å². The highest BCUT2D eigenvalue weighted by Crippen LogP contribution is 2.38. The predicted molar refractivity (Wildman–Crippen MR) is 139 cm³/mol. The third kappa shape index (κ3) is 6.76. The monoisotopic (exact) mass is 576 g/mol. The van der Waals surface area contributed by atoms with Crippen molar-refractivity contribution in [3.05, 3.63) is 76.3 Å². The topological polar surface area (TPSA) is 113 Å². The van der Waals surface area contributed by atoms with Gasteiger partial charge in [0.15, 0.2) is 23.0 Å². The maximum absolute atomic E-state index is 12.6. The summed E-state index contributed by atoms with van der Waals surface area (Å²) in [6.07, 6.45) is 1.39. The molecule has 0 aliphatic carbocycles. The molecule has 3 aromatic carbocycles. The van der Waals surface area contributed by atoms with Gasteiger partial charge in [0, 0.05) is 5.56 Å². The Balaban J connectivity index is 1.76. The Bertz CT molecular complexity index is 1350. The number of carbonyl (C=O) groups is 1. The number of ether oxygens (including phenoxy) is 3. The summed E-state index contributed by atoms with van der Waals surface area (Å²) in [6, 6.07) is 15.7. The lowest BCUT2D eigenvalue weighted by Gasteiger charge is -2.13. The second-order valence-electron chi connectivity index (χ2n) is 7.11. The molecule has 0 radical (unpaired) electrons. The van der Waals surface area contributed by atoms with Crippen LogP contribution in [0.25, 0.3) is 0 Å². The Hall–Kier alpha value is -3.57. The standard InChI is InChI=1S/C25H25BrN2O7S/c1-4-33-21-12-11-18(15-22(21)34-5-2)25(29)28-27-16-17-13-20(26)24(23(14-17)32-3)35-36(30,31)19-9-7-6-8-10-19/h6-16H,4-5H2,1-3H3,(H,28,29)/b27-16+. The normalized spacial score (nSPS) is 11.2. The average molecular weight is 577 g/mol. The zero-order valence-electron chi connectivity index (χ0n) is 19.9. The minimum atomic E-state index is -4.07. The van der Waals surface area contributed by atoms with Gasteiger partial charge in [-0.15, -0.1) is 0 Å². The van der Waals surface area contributed by atoms with Gasteiger partial charge < -0.3 is 18.4 Å². The summed E-state index contributed by atoms with van der Waals surface area (Å²) in [5, 5.41) is 3.99. The minimum Gasteiger partial charge on any atom is -0.493 e. The number of carbonyl (C=O) groups excluding carboxylic acids is 1. The van der Waals surface area contributed by atoms with E-state index in [1.54, 1.807) is 42.5 Å². The van der Waals surface area contributed by atoms with Crippen LogP contribution in [0.3, 0.4) is 0 Å². The first-order chi connectivity index (χ1) is 17.3. The summed E-state index contributed by atoms with van der Waals surface area (Å²) in [6.45, 7) is 4.59. The van der Waals surface area contributed by atoms with Crippen LogP contribution < -0.4 is 23.8 Å². The molecule has 36 heavy (non-hydrogen) atoms. The summed E-state index contributed by atoms with van der Waals surface area (Å²) < 4.78 is 47.3. The van der Waals surface area contributed by atoms with E-state index in [2.05, 4.69) is 26.5 Å². The van der Waals surface area contributed by atoms with Crippen LogP contribution in [0.4, 0.5) is 0 Å². The van der Waals surface area contributed by atoms with E-state index in [0.717, 1.165) is 0 Å². The molecule has 190 valence electrons. The molecule has 0 heterocycles. The number of rotatable bonds is 11. The number of hydrogen-bond acceptors (Lipinski definition) is 8. The Morgan fingerprint density at radius 1 is 0.972 bits per heavy atom. The highest BCUT2D eigenvalue weighted by Gasteiger charge is 2.21. The molecule has 0 spiro atoms. The molecule has 0 aliphatic heterocycles. The van der Waals surface area contributed by atoms with Crippen LogP contribution in [0.2, 0.25) is 0 Å². The molecule has 1 N–H and O–H groups in total. The van der Waals surface area contributed by atoms with Crippen LogP contribution in [0, 0.1) is 0 Å². The smallest absolute Gasteiger partial charge is 0.339 e. The molecule has 0 unspecified atom stereocenters. The molecule has 0 aromatic heterocycles. The van der Waals surface area contributed by atoms with Gasteiger partial charge >= 0.3 is 10.1 Å². The third-order valence-electron chi connectivity index (χ3n) is 4.66. The van der Waals surface area contributed by atoms with Crippen molar-refractivity contribution in [1.29, 1.82) is 0 Å². The van der Waals surface area contributed by atoms with Gasteiger partial charge in [-0.1, -0.05) is 18.2 Å². The van der Waals surface area contributed by atoms with Gasteiger partial charge in [0.1, 0.15) is 4.90 Å². The van der Waals surface area contributed by atoms with Crippen LogP contribution in [0.5, 0.6) is 23.0 Å². The molecular weight excluding hydrogens is 552 g/mol. The fraction of sp³-hybridized carbons (Fsp3) is 0.200. The van der Waals surface area contributed by atoms with E-state index in [1.807, 2.05) is 13.8 Å². The van der Waals surface area contributed by atoms with Gasteiger partial charge in [-0.05, 0) is 77.8 Å². The number of hydrazone groups is 1. The second kappa shape index (κ2) is 12.4. The predicted octanol–water partition coefficient (Wildman–Crippen LogP) is 4.79. The minimum absolute atomic E-state index is 0.00841. The summed E-state index contributed by atoms with van der Waals surface area (Å²) in [5.74, 6) is 0.707. The van der Waals surface area contributed by atoms with Crippen LogP contribution >= 0.6 is 15.9 Å². The Labute approximate surface area is 218 Å². The van der Waals surface area contributed by atoms with Crippen molar-refractivity contribution in [3.8, 4) is 23.0 Å². The van der Waals surface area contributed by atoms with E-state index in [0.29, 0.717) is 40.3 Å². The molecule has 0 aliphatic rings. The van der Waals surface area contributed by atoms with Crippen molar-refractivity contribution in [2.24, 2.45) is 5.10 Å².